The highest BCUT2D eigenvalue weighted by molar-refractivity contribution is 5.95. The smallest absolute Gasteiger partial charge is 0.254 e. The van der Waals surface area contributed by atoms with E-state index in [2.05, 4.69) is 10.2 Å². The van der Waals surface area contributed by atoms with Crippen molar-refractivity contribution in [3.8, 4) is 0 Å². The third kappa shape index (κ3) is 2.82. The molecule has 1 unspecified atom stereocenters. The van der Waals surface area contributed by atoms with Crippen molar-refractivity contribution >= 4 is 5.91 Å². The van der Waals surface area contributed by atoms with Gasteiger partial charge in [-0.1, -0.05) is 6.07 Å². The van der Waals surface area contributed by atoms with E-state index in [1.165, 1.54) is 12.1 Å². The molecule has 1 aromatic carbocycles. The summed E-state index contributed by atoms with van der Waals surface area (Å²) in [7, 11) is 0. The van der Waals surface area contributed by atoms with E-state index >= 15 is 0 Å². The second kappa shape index (κ2) is 5.68. The summed E-state index contributed by atoms with van der Waals surface area (Å²) in [6.45, 7) is 3.21. The van der Waals surface area contributed by atoms with Crippen molar-refractivity contribution in [1.29, 1.82) is 0 Å². The number of aromatic amines is 1. The molecule has 1 aliphatic rings. The van der Waals surface area contributed by atoms with Gasteiger partial charge >= 0.3 is 0 Å². The second-order valence-corrected chi connectivity index (χ2v) is 5.56. The standard InChI is InChI=1S/C16H18FN3O/c1-11-4-5-13(17)9-14(11)16(21)20-8-2-3-12(10-20)15-6-7-18-19-15/h4-7,9,12H,2-3,8,10H2,1H3,(H,18,19). The van der Waals surface area contributed by atoms with Crippen LogP contribution < -0.4 is 0 Å². The molecule has 4 nitrogen and oxygen atoms in total. The fourth-order valence-corrected chi connectivity index (χ4v) is 2.90. The van der Waals surface area contributed by atoms with Crippen molar-refractivity contribution in [3.63, 3.8) is 0 Å². The maximum absolute atomic E-state index is 13.4. The van der Waals surface area contributed by atoms with Crippen LogP contribution in [0.3, 0.4) is 0 Å². The molecule has 1 atom stereocenters. The van der Waals surface area contributed by atoms with Crippen LogP contribution in [0.1, 0.15) is 40.4 Å². The minimum absolute atomic E-state index is 0.0868. The predicted octanol–water partition coefficient (Wildman–Crippen LogP) is 2.88. The van der Waals surface area contributed by atoms with E-state index in [1.807, 2.05) is 17.9 Å². The molecule has 2 aromatic rings. The van der Waals surface area contributed by atoms with Crippen LogP contribution in [0.25, 0.3) is 0 Å². The Morgan fingerprint density at radius 3 is 3.05 bits per heavy atom. The summed E-state index contributed by atoms with van der Waals surface area (Å²) in [4.78, 5) is 14.4. The van der Waals surface area contributed by atoms with E-state index in [0.717, 1.165) is 30.6 Å². The summed E-state index contributed by atoms with van der Waals surface area (Å²) >= 11 is 0. The summed E-state index contributed by atoms with van der Waals surface area (Å²) in [5, 5.41) is 6.95. The van der Waals surface area contributed by atoms with Crippen molar-refractivity contribution in [1.82, 2.24) is 15.1 Å². The van der Waals surface area contributed by atoms with Gasteiger partial charge in [0.15, 0.2) is 0 Å². The minimum atomic E-state index is -0.369. The predicted molar refractivity (Wildman–Crippen MR) is 77.6 cm³/mol. The molecule has 21 heavy (non-hydrogen) atoms. The number of hydrogen-bond donors (Lipinski definition) is 1. The van der Waals surface area contributed by atoms with Crippen LogP contribution in [0.4, 0.5) is 4.39 Å². The van der Waals surface area contributed by atoms with Crippen LogP contribution in [0.2, 0.25) is 0 Å². The first-order valence-corrected chi connectivity index (χ1v) is 7.20. The summed E-state index contributed by atoms with van der Waals surface area (Å²) in [6.07, 6.45) is 3.71. The SMILES string of the molecule is Cc1ccc(F)cc1C(=O)N1CCCC(c2ccn[nH]2)C1. The number of likely N-dealkylation sites (tertiary alicyclic amines) is 1. The second-order valence-electron chi connectivity index (χ2n) is 5.56. The van der Waals surface area contributed by atoms with Crippen LogP contribution in [0.5, 0.6) is 0 Å². The van der Waals surface area contributed by atoms with Gasteiger partial charge < -0.3 is 4.90 Å². The van der Waals surface area contributed by atoms with Gasteiger partial charge in [0, 0.05) is 36.5 Å². The highest BCUT2D eigenvalue weighted by Crippen LogP contribution is 2.26. The Bertz CT molecular complexity index is 639. The van der Waals surface area contributed by atoms with Crippen LogP contribution in [0, 0.1) is 12.7 Å². The molecule has 0 bridgehead atoms. The first-order valence-electron chi connectivity index (χ1n) is 7.20. The van der Waals surface area contributed by atoms with Crippen LogP contribution >= 0.6 is 0 Å². The molecule has 0 saturated carbocycles. The third-order valence-electron chi connectivity index (χ3n) is 4.10. The molecule has 2 heterocycles. The molecule has 1 fully saturated rings. The molecule has 1 aliphatic heterocycles. The van der Waals surface area contributed by atoms with Crippen molar-refractivity contribution in [2.24, 2.45) is 0 Å². The summed E-state index contributed by atoms with van der Waals surface area (Å²) in [5.41, 5.74) is 2.33. The number of nitrogens with zero attached hydrogens (tertiary/aromatic N) is 2. The van der Waals surface area contributed by atoms with Gasteiger partial charge in [0.05, 0.1) is 0 Å². The molecule has 1 aromatic heterocycles. The average molecular weight is 287 g/mol. The lowest BCUT2D eigenvalue weighted by atomic mass is 9.94. The largest absolute Gasteiger partial charge is 0.338 e. The zero-order valence-electron chi connectivity index (χ0n) is 12.0. The van der Waals surface area contributed by atoms with Crippen LogP contribution in [-0.2, 0) is 0 Å². The molecule has 0 spiro atoms. The molecule has 110 valence electrons. The lowest BCUT2D eigenvalue weighted by Gasteiger charge is -2.32. The number of nitrogens with one attached hydrogen (secondary N) is 1. The molecular weight excluding hydrogens is 269 g/mol. The monoisotopic (exact) mass is 287 g/mol. The van der Waals surface area contributed by atoms with Gasteiger partial charge in [0.1, 0.15) is 5.82 Å². The summed E-state index contributed by atoms with van der Waals surface area (Å²) in [6, 6.07) is 6.32. The Hall–Kier alpha value is -2.17. The first-order chi connectivity index (χ1) is 10.1. The van der Waals surface area contributed by atoms with Crippen LogP contribution in [0.15, 0.2) is 30.5 Å². The van der Waals surface area contributed by atoms with Crippen LogP contribution in [-0.4, -0.2) is 34.1 Å². The molecule has 1 N–H and O–H groups in total. The number of amides is 1. The quantitative estimate of drug-likeness (QED) is 0.923. The highest BCUT2D eigenvalue weighted by atomic mass is 19.1. The van der Waals surface area contributed by atoms with E-state index in [9.17, 15) is 9.18 Å². The zero-order valence-corrected chi connectivity index (χ0v) is 12.0. The fraction of sp³-hybridized carbons (Fsp3) is 0.375. The maximum atomic E-state index is 13.4. The Morgan fingerprint density at radius 1 is 1.43 bits per heavy atom. The number of piperidine rings is 1. The summed E-state index contributed by atoms with van der Waals surface area (Å²) in [5.74, 6) is -0.179. The van der Waals surface area contributed by atoms with E-state index in [0.29, 0.717) is 12.1 Å². The van der Waals surface area contributed by atoms with Gasteiger partial charge in [-0.15, -0.1) is 0 Å². The van der Waals surface area contributed by atoms with Gasteiger partial charge in [0.2, 0.25) is 0 Å². The number of carbonyl (C=O) groups excluding carboxylic acids is 1. The summed E-state index contributed by atoms with van der Waals surface area (Å²) < 4.78 is 13.4. The third-order valence-corrected chi connectivity index (χ3v) is 4.10. The Morgan fingerprint density at radius 2 is 2.29 bits per heavy atom. The molecule has 5 heteroatoms. The molecule has 1 saturated heterocycles. The average Bonchev–Trinajstić information content (AvgIpc) is 3.03. The van der Waals surface area contributed by atoms with E-state index in [4.69, 9.17) is 0 Å². The number of hydrogen-bond acceptors (Lipinski definition) is 2. The Labute approximate surface area is 123 Å². The van der Waals surface area contributed by atoms with E-state index < -0.39 is 0 Å². The molecule has 0 radical (unpaired) electrons. The lowest BCUT2D eigenvalue weighted by Crippen LogP contribution is -2.39. The molecule has 1 amide bonds. The van der Waals surface area contributed by atoms with Gasteiger partial charge in [-0.05, 0) is 43.5 Å². The number of rotatable bonds is 2. The topological polar surface area (TPSA) is 49.0 Å². The first kappa shape index (κ1) is 13.8. The van der Waals surface area contributed by atoms with Gasteiger partial charge in [-0.3, -0.25) is 9.89 Å². The van der Waals surface area contributed by atoms with Crippen molar-refractivity contribution < 1.29 is 9.18 Å². The van der Waals surface area contributed by atoms with E-state index in [-0.39, 0.29) is 17.6 Å². The number of H-pyrrole nitrogens is 1. The number of benzene rings is 1. The number of carbonyl (C=O) groups is 1. The lowest BCUT2D eigenvalue weighted by molar-refractivity contribution is 0.0704. The highest BCUT2D eigenvalue weighted by Gasteiger charge is 2.27. The number of aryl methyl sites for hydroxylation is 1. The van der Waals surface area contributed by atoms with Crippen molar-refractivity contribution in [2.75, 3.05) is 13.1 Å². The van der Waals surface area contributed by atoms with Gasteiger partial charge in [-0.2, -0.15) is 5.10 Å². The maximum Gasteiger partial charge on any atom is 0.254 e. The van der Waals surface area contributed by atoms with Crippen molar-refractivity contribution in [3.05, 3.63) is 53.1 Å². The van der Waals surface area contributed by atoms with Gasteiger partial charge in [-0.25, -0.2) is 4.39 Å². The zero-order chi connectivity index (χ0) is 14.8. The van der Waals surface area contributed by atoms with E-state index in [1.54, 1.807) is 12.3 Å². The fourth-order valence-electron chi connectivity index (χ4n) is 2.90. The Kier molecular flexibility index (Phi) is 3.73. The minimum Gasteiger partial charge on any atom is -0.338 e. The number of aromatic nitrogens is 2. The Balaban J connectivity index is 1.79. The molecule has 3 rings (SSSR count). The number of halogens is 1. The normalized spacial score (nSPS) is 18.8. The van der Waals surface area contributed by atoms with Crippen molar-refractivity contribution in [2.45, 2.75) is 25.7 Å². The molecular formula is C16H18FN3O. The molecule has 0 aliphatic carbocycles. The van der Waals surface area contributed by atoms with Gasteiger partial charge in [0.25, 0.3) is 5.91 Å².